The number of nitrogens with zero attached hydrogens (tertiary/aromatic N) is 2. The van der Waals surface area contributed by atoms with E-state index in [1.807, 2.05) is 11.3 Å². The number of hydrogen-bond donors (Lipinski definition) is 0. The van der Waals surface area contributed by atoms with Gasteiger partial charge in [0.25, 0.3) is 0 Å². The van der Waals surface area contributed by atoms with Crippen LogP contribution in [0.4, 0.5) is 22.7 Å². The van der Waals surface area contributed by atoms with E-state index in [9.17, 15) is 0 Å². The van der Waals surface area contributed by atoms with Gasteiger partial charge in [0.15, 0.2) is 0 Å². The van der Waals surface area contributed by atoms with E-state index in [0.29, 0.717) is 0 Å². The third kappa shape index (κ3) is 5.36. The molecule has 0 amide bonds. The molecule has 1 aromatic heterocycles. The Bertz CT molecular complexity index is 2710. The minimum Gasteiger partial charge on any atom is -0.376 e. The van der Waals surface area contributed by atoms with Gasteiger partial charge in [-0.25, -0.2) is 0 Å². The van der Waals surface area contributed by atoms with Crippen molar-refractivity contribution in [2.75, 3.05) is 9.71 Å². The molecule has 1 aliphatic carbocycles. The van der Waals surface area contributed by atoms with Crippen molar-refractivity contribution in [2.45, 2.75) is 71.3 Å². The molecule has 0 saturated carbocycles. The number of anilines is 4. The summed E-state index contributed by atoms with van der Waals surface area (Å²) in [5, 5.41) is 2.72. The van der Waals surface area contributed by atoms with Crippen molar-refractivity contribution in [3.05, 3.63) is 168 Å². The van der Waals surface area contributed by atoms with Crippen LogP contribution >= 0.6 is 11.3 Å². The first-order valence-corrected chi connectivity index (χ1v) is 20.6. The standard InChI is InChI=1S/C51H47BN2S/c1-32-29-40-39-31-35(51(5,6)7)23-26-42(39)54(36-24-21-34(22-25-36)50(2,3)4)52-48(40)44(30-32)53(41-19-13-11-17-37(41)33-15-9-8-10-16-33)43-27-28-46-47(49(43)52)38-18-12-14-20-45(38)55-46/h8-31,37,41H,1-7H3. The molecular formula is C51H47BN2S. The van der Waals surface area contributed by atoms with Gasteiger partial charge in [-0.3, -0.25) is 0 Å². The second kappa shape index (κ2) is 12.3. The van der Waals surface area contributed by atoms with Crippen LogP contribution < -0.4 is 20.6 Å². The van der Waals surface area contributed by atoms with Gasteiger partial charge in [-0.15, -0.1) is 11.3 Å². The predicted molar refractivity (Wildman–Crippen MR) is 240 cm³/mol. The molecule has 10 rings (SSSR count). The second-order valence-corrected chi connectivity index (χ2v) is 18.9. The summed E-state index contributed by atoms with van der Waals surface area (Å²) < 4.78 is 2.68. The zero-order valence-electron chi connectivity index (χ0n) is 32.9. The first-order valence-electron chi connectivity index (χ1n) is 19.8. The van der Waals surface area contributed by atoms with Gasteiger partial charge in [0.1, 0.15) is 0 Å². The molecule has 0 radical (unpaired) electrons. The molecule has 4 heteroatoms. The van der Waals surface area contributed by atoms with E-state index in [2.05, 4.69) is 204 Å². The molecular weight excluding hydrogens is 683 g/mol. The normalized spacial score (nSPS) is 17.5. The van der Waals surface area contributed by atoms with E-state index in [1.165, 1.54) is 87.2 Å². The number of hydrogen-bond acceptors (Lipinski definition) is 3. The largest absolute Gasteiger partial charge is 0.376 e. The van der Waals surface area contributed by atoms with Crippen molar-refractivity contribution < 1.29 is 0 Å². The summed E-state index contributed by atoms with van der Waals surface area (Å²) in [5.74, 6) is 0.186. The summed E-state index contributed by atoms with van der Waals surface area (Å²) in [7, 11) is 0. The zero-order chi connectivity index (χ0) is 37.8. The molecule has 0 N–H and O–H groups in total. The molecule has 0 saturated heterocycles. The van der Waals surface area contributed by atoms with Crippen LogP contribution in [0.1, 0.15) is 69.7 Å². The van der Waals surface area contributed by atoms with Crippen molar-refractivity contribution in [2.24, 2.45) is 0 Å². The van der Waals surface area contributed by atoms with Crippen LogP contribution in [0.3, 0.4) is 0 Å². The number of aryl methyl sites for hydroxylation is 1. The van der Waals surface area contributed by atoms with Crippen LogP contribution in [-0.2, 0) is 10.8 Å². The molecule has 2 unspecified atom stereocenters. The minimum atomic E-state index is -0.0367. The van der Waals surface area contributed by atoms with E-state index in [-0.39, 0.29) is 29.6 Å². The van der Waals surface area contributed by atoms with Crippen molar-refractivity contribution in [1.29, 1.82) is 0 Å². The molecule has 3 heterocycles. The number of thiophene rings is 1. The van der Waals surface area contributed by atoms with Crippen LogP contribution in [0.25, 0.3) is 31.3 Å². The lowest BCUT2D eigenvalue weighted by atomic mass is 9.42. The topological polar surface area (TPSA) is 6.48 Å². The van der Waals surface area contributed by atoms with Gasteiger partial charge in [0.2, 0.25) is 0 Å². The summed E-state index contributed by atoms with van der Waals surface area (Å²) in [6.45, 7) is 16.2. The fraction of sp³-hybridized carbons (Fsp3) is 0.216. The summed E-state index contributed by atoms with van der Waals surface area (Å²) in [6, 6.07) is 46.7. The third-order valence-corrected chi connectivity index (χ3v) is 13.3. The Balaban J connectivity index is 1.34. The molecule has 7 aromatic rings. The molecule has 0 fully saturated rings. The smallest absolute Gasteiger partial charge is 0.333 e. The van der Waals surface area contributed by atoms with Crippen molar-refractivity contribution in [1.82, 2.24) is 0 Å². The zero-order valence-corrected chi connectivity index (χ0v) is 33.7. The van der Waals surface area contributed by atoms with Gasteiger partial charge in [-0.2, -0.15) is 0 Å². The Morgan fingerprint density at radius 3 is 2.04 bits per heavy atom. The lowest BCUT2D eigenvalue weighted by molar-refractivity contribution is 0.590. The van der Waals surface area contributed by atoms with Gasteiger partial charge in [-0.1, -0.05) is 139 Å². The summed E-state index contributed by atoms with van der Waals surface area (Å²) in [4.78, 5) is 5.39. The van der Waals surface area contributed by atoms with Gasteiger partial charge < -0.3 is 9.71 Å². The van der Waals surface area contributed by atoms with Crippen LogP contribution in [0.2, 0.25) is 0 Å². The molecule has 0 bridgehead atoms. The SMILES string of the molecule is Cc1cc2c3c(c1)N(C1C=CC=CC1c1ccccc1)c1ccc4sc5ccccc5c4c1B3N(c1ccc(C(C)(C)C)cc1)c1ccc(C(C)(C)C)cc1-2. The molecule has 6 aromatic carbocycles. The maximum Gasteiger partial charge on any atom is 0.333 e. The minimum absolute atomic E-state index is 0.0114. The summed E-state index contributed by atoms with van der Waals surface area (Å²) >= 11 is 1.92. The van der Waals surface area contributed by atoms with E-state index in [4.69, 9.17) is 0 Å². The molecule has 2 nitrogen and oxygen atoms in total. The van der Waals surface area contributed by atoms with E-state index >= 15 is 0 Å². The maximum absolute atomic E-state index is 2.71. The monoisotopic (exact) mass is 730 g/mol. The van der Waals surface area contributed by atoms with Crippen molar-refractivity contribution in [3.63, 3.8) is 0 Å². The van der Waals surface area contributed by atoms with Crippen LogP contribution in [0.5, 0.6) is 0 Å². The Morgan fingerprint density at radius 2 is 1.27 bits per heavy atom. The molecule has 55 heavy (non-hydrogen) atoms. The molecule has 2 atom stereocenters. The lowest BCUT2D eigenvalue weighted by Crippen LogP contribution is -2.63. The van der Waals surface area contributed by atoms with Gasteiger partial charge in [0.05, 0.1) is 6.04 Å². The average Bonchev–Trinajstić information content (AvgIpc) is 3.56. The molecule has 270 valence electrons. The Hall–Kier alpha value is -5.32. The van der Waals surface area contributed by atoms with Crippen molar-refractivity contribution >= 4 is 72.0 Å². The van der Waals surface area contributed by atoms with Crippen LogP contribution in [0.15, 0.2) is 146 Å². The third-order valence-electron chi connectivity index (χ3n) is 12.2. The highest BCUT2D eigenvalue weighted by Gasteiger charge is 2.48. The Labute approximate surface area is 330 Å². The fourth-order valence-electron chi connectivity index (χ4n) is 9.46. The molecule has 0 spiro atoms. The second-order valence-electron chi connectivity index (χ2n) is 17.8. The molecule has 2 aliphatic heterocycles. The van der Waals surface area contributed by atoms with Gasteiger partial charge >= 0.3 is 6.85 Å². The number of fused-ring (bicyclic) bond motifs is 8. The summed E-state index contributed by atoms with van der Waals surface area (Å²) in [5.41, 5.74) is 15.9. The first kappa shape index (κ1) is 34.2. The van der Waals surface area contributed by atoms with E-state index < -0.39 is 0 Å². The quantitative estimate of drug-likeness (QED) is 0.167. The predicted octanol–water partition coefficient (Wildman–Crippen LogP) is 12.6. The number of rotatable bonds is 3. The average molecular weight is 731 g/mol. The van der Waals surface area contributed by atoms with Crippen LogP contribution in [0, 0.1) is 6.92 Å². The van der Waals surface area contributed by atoms with Gasteiger partial charge in [0, 0.05) is 43.6 Å². The van der Waals surface area contributed by atoms with E-state index in [1.54, 1.807) is 0 Å². The highest BCUT2D eigenvalue weighted by Crippen LogP contribution is 2.50. The lowest BCUT2D eigenvalue weighted by Gasteiger charge is -2.49. The highest BCUT2D eigenvalue weighted by atomic mass is 32.1. The summed E-state index contributed by atoms with van der Waals surface area (Å²) in [6.07, 6.45) is 9.32. The van der Waals surface area contributed by atoms with Crippen molar-refractivity contribution in [3.8, 4) is 11.1 Å². The van der Waals surface area contributed by atoms with E-state index in [0.717, 1.165) is 0 Å². The number of benzene rings is 6. The van der Waals surface area contributed by atoms with Crippen LogP contribution in [-0.4, -0.2) is 12.9 Å². The highest BCUT2D eigenvalue weighted by molar-refractivity contribution is 7.26. The Morgan fingerprint density at radius 1 is 0.582 bits per heavy atom. The fourth-order valence-corrected chi connectivity index (χ4v) is 10.6. The Kier molecular flexibility index (Phi) is 7.68. The first-order chi connectivity index (χ1) is 26.5. The maximum atomic E-state index is 2.71. The number of allylic oxidation sites excluding steroid dienone is 2. The molecule has 3 aliphatic rings. The van der Waals surface area contributed by atoms with Gasteiger partial charge in [-0.05, 0) is 116 Å².